The number of hydrogen-bond acceptors (Lipinski definition) is 9. The van der Waals surface area contributed by atoms with E-state index in [0.29, 0.717) is 37.7 Å². The molecule has 2 aromatic heterocycles. The Morgan fingerprint density at radius 2 is 1.49 bits per heavy atom. The van der Waals surface area contributed by atoms with Gasteiger partial charge in [0.15, 0.2) is 43.0 Å². The summed E-state index contributed by atoms with van der Waals surface area (Å²) in [5.74, 6) is -2.11. The van der Waals surface area contributed by atoms with Crippen molar-refractivity contribution >= 4 is 41.0 Å². The maximum absolute atomic E-state index is 14.9. The van der Waals surface area contributed by atoms with Crippen LogP contribution in [0.5, 0.6) is 0 Å². The molecule has 2 fully saturated rings. The van der Waals surface area contributed by atoms with Crippen molar-refractivity contribution in [3.8, 4) is 16.9 Å². The SMILES string of the molecule is Cc1nc(C2OC3OC(c4ccccc4)OC3C(n3cc(-c4cc(F)c(F)c(F)c4)nn3)C2OC/C=C/P(=O)(c2ccccc2)c2ccccc2)n(-c2cc(Cl)ccc2Cl)n1. The van der Waals surface area contributed by atoms with Crippen molar-refractivity contribution in [2.45, 2.75) is 43.9 Å². The smallest absolute Gasteiger partial charge is 0.194 e. The Labute approximate surface area is 357 Å². The Balaban J connectivity index is 1.16. The van der Waals surface area contributed by atoms with E-state index in [4.69, 9.17) is 47.1 Å². The topological polar surface area (TPSA) is 115 Å². The van der Waals surface area contributed by atoms with Gasteiger partial charge in [-0.1, -0.05) is 125 Å². The molecule has 9 rings (SSSR count). The summed E-state index contributed by atoms with van der Waals surface area (Å²) in [5, 5.41) is 15.3. The van der Waals surface area contributed by atoms with Gasteiger partial charge in [0.25, 0.3) is 0 Å². The standard InChI is InChI=1S/C44H34Cl2F3N6O5P/c1-26-50-42(55(52-26)36-24-29(45)18-19-32(36)46)41-39(57-20-11-21-61(56,30-14-7-3-8-15-30)31-16-9-4-10-17-31)38(40-44(59-41)60-43(58-40)27-12-5-2-6-13-27)54-25-35(51-53-54)28-22-33(47)37(49)34(48)23-28/h2-19,21-25,38-41,43-44H,20H2,1H3/b21-11+. The highest BCUT2D eigenvalue weighted by Gasteiger charge is 2.56. The predicted octanol–water partition coefficient (Wildman–Crippen LogP) is 9.22. The van der Waals surface area contributed by atoms with E-state index < -0.39 is 61.5 Å². The number of aromatic nitrogens is 6. The molecule has 61 heavy (non-hydrogen) atoms. The van der Waals surface area contributed by atoms with Gasteiger partial charge in [-0.05, 0) is 43.1 Å². The van der Waals surface area contributed by atoms with Crippen molar-refractivity contribution < 1.29 is 36.7 Å². The highest BCUT2D eigenvalue weighted by Crippen LogP contribution is 2.49. The summed E-state index contributed by atoms with van der Waals surface area (Å²) >= 11 is 13.2. The summed E-state index contributed by atoms with van der Waals surface area (Å²) in [6.07, 6.45) is -1.93. The maximum atomic E-state index is 14.9. The first-order valence-corrected chi connectivity index (χ1v) is 21.6. The van der Waals surface area contributed by atoms with Gasteiger partial charge in [0, 0.05) is 26.8 Å². The highest BCUT2D eigenvalue weighted by atomic mass is 35.5. The zero-order valence-corrected chi connectivity index (χ0v) is 34.4. The van der Waals surface area contributed by atoms with Crippen LogP contribution in [0.15, 0.2) is 139 Å². The van der Waals surface area contributed by atoms with Crippen molar-refractivity contribution in [1.82, 2.24) is 29.8 Å². The summed E-state index contributed by atoms with van der Waals surface area (Å²) in [5.41, 5.74) is 1.09. The Morgan fingerprint density at radius 1 is 0.836 bits per heavy atom. The number of halogens is 5. The molecule has 4 heterocycles. The van der Waals surface area contributed by atoms with E-state index in [2.05, 4.69) is 15.4 Å². The monoisotopic (exact) mass is 884 g/mol. The summed E-state index contributed by atoms with van der Waals surface area (Å²) in [7, 11) is -3.30. The van der Waals surface area contributed by atoms with Crippen LogP contribution in [0.25, 0.3) is 16.9 Å². The Morgan fingerprint density at radius 3 is 2.16 bits per heavy atom. The van der Waals surface area contributed by atoms with Crippen molar-refractivity contribution in [1.29, 1.82) is 0 Å². The predicted molar refractivity (Wildman–Crippen MR) is 222 cm³/mol. The van der Waals surface area contributed by atoms with Crippen molar-refractivity contribution in [3.05, 3.63) is 184 Å². The summed E-state index contributed by atoms with van der Waals surface area (Å²) in [6, 6.07) is 33.2. The molecule has 310 valence electrons. The van der Waals surface area contributed by atoms with Crippen LogP contribution < -0.4 is 10.6 Å². The van der Waals surface area contributed by atoms with Crippen LogP contribution in [-0.4, -0.2) is 54.9 Å². The fraction of sp³-hybridized carbons (Fsp3) is 0.182. The van der Waals surface area contributed by atoms with Gasteiger partial charge in [-0.25, -0.2) is 27.5 Å². The first-order valence-electron chi connectivity index (χ1n) is 19.0. The first kappa shape index (κ1) is 40.9. The van der Waals surface area contributed by atoms with E-state index >= 15 is 0 Å². The lowest BCUT2D eigenvalue weighted by molar-refractivity contribution is -0.244. The molecule has 0 spiro atoms. The Kier molecular flexibility index (Phi) is 11.5. The molecule has 0 aliphatic carbocycles. The molecule has 7 aromatic rings. The van der Waals surface area contributed by atoms with Crippen LogP contribution in [0.3, 0.4) is 0 Å². The molecule has 6 unspecified atom stereocenters. The molecular formula is C44H34Cl2F3N6O5P. The van der Waals surface area contributed by atoms with Gasteiger partial charge in [0.05, 0.1) is 23.5 Å². The minimum Gasteiger partial charge on any atom is -0.369 e. The van der Waals surface area contributed by atoms with Crippen LogP contribution in [0, 0.1) is 24.4 Å². The van der Waals surface area contributed by atoms with Gasteiger partial charge in [0.2, 0.25) is 0 Å². The molecule has 17 heteroatoms. The van der Waals surface area contributed by atoms with E-state index in [1.807, 2.05) is 91.0 Å². The molecule has 5 aromatic carbocycles. The van der Waals surface area contributed by atoms with E-state index in [-0.39, 0.29) is 23.7 Å². The maximum Gasteiger partial charge on any atom is 0.194 e. The first-order chi connectivity index (χ1) is 29.6. The van der Waals surface area contributed by atoms with Crippen molar-refractivity contribution in [2.75, 3.05) is 6.61 Å². The third kappa shape index (κ3) is 8.08. The third-order valence-corrected chi connectivity index (χ3v) is 13.7. The molecule has 6 atom stereocenters. The van der Waals surface area contributed by atoms with Crippen LogP contribution in [0.1, 0.15) is 35.6 Å². The lowest BCUT2D eigenvalue weighted by atomic mass is 9.95. The molecule has 11 nitrogen and oxygen atoms in total. The molecule has 0 N–H and O–H groups in total. The van der Waals surface area contributed by atoms with Gasteiger partial charge >= 0.3 is 0 Å². The molecule has 0 amide bonds. The van der Waals surface area contributed by atoms with Crippen molar-refractivity contribution in [2.24, 2.45) is 0 Å². The summed E-state index contributed by atoms with van der Waals surface area (Å²) in [6.45, 7) is 1.60. The van der Waals surface area contributed by atoms with E-state index in [1.54, 1.807) is 37.0 Å². The van der Waals surface area contributed by atoms with Crippen LogP contribution in [-0.2, 0) is 23.5 Å². The molecule has 2 saturated heterocycles. The Hall–Kier alpha value is -5.44. The van der Waals surface area contributed by atoms with E-state index in [9.17, 15) is 17.7 Å². The molecule has 0 bridgehead atoms. The van der Waals surface area contributed by atoms with Crippen LogP contribution in [0.2, 0.25) is 10.0 Å². The number of aryl methyl sites for hydroxylation is 1. The number of rotatable bonds is 11. The second-order valence-corrected chi connectivity index (χ2v) is 17.8. The van der Waals surface area contributed by atoms with Crippen molar-refractivity contribution in [3.63, 3.8) is 0 Å². The molecular weight excluding hydrogens is 851 g/mol. The third-order valence-electron chi connectivity index (χ3n) is 10.3. The van der Waals surface area contributed by atoms with Crippen LogP contribution in [0.4, 0.5) is 13.2 Å². The minimum absolute atomic E-state index is 0.0333. The molecule has 2 aliphatic heterocycles. The quantitative estimate of drug-likeness (QED) is 0.0927. The number of hydrogen-bond donors (Lipinski definition) is 0. The molecule has 2 aliphatic rings. The second kappa shape index (κ2) is 17.1. The average molecular weight is 886 g/mol. The van der Waals surface area contributed by atoms with Crippen LogP contribution >= 0.6 is 30.3 Å². The minimum atomic E-state index is -3.30. The number of benzene rings is 5. The highest BCUT2D eigenvalue weighted by molar-refractivity contribution is 7.81. The van der Waals surface area contributed by atoms with E-state index in [0.717, 1.165) is 12.1 Å². The fourth-order valence-corrected chi connectivity index (χ4v) is 10.1. The number of ether oxygens (including phenoxy) is 4. The fourth-order valence-electron chi connectivity index (χ4n) is 7.52. The van der Waals surface area contributed by atoms with Gasteiger partial charge in [0.1, 0.15) is 35.9 Å². The normalized spacial score (nSPS) is 21.5. The van der Waals surface area contributed by atoms with Gasteiger partial charge < -0.3 is 23.5 Å². The zero-order chi connectivity index (χ0) is 42.3. The number of fused-ring (bicyclic) bond motifs is 1. The number of nitrogens with zero attached hydrogens (tertiary/aromatic N) is 6. The Bertz CT molecular complexity index is 2700. The largest absolute Gasteiger partial charge is 0.369 e. The second-order valence-electron chi connectivity index (χ2n) is 14.3. The van der Waals surface area contributed by atoms with Gasteiger partial charge in [-0.3, -0.25) is 0 Å². The van der Waals surface area contributed by atoms with E-state index in [1.165, 1.54) is 15.6 Å². The lowest BCUT2D eigenvalue weighted by Crippen LogP contribution is -2.51. The average Bonchev–Trinajstić information content (AvgIpc) is 4.04. The summed E-state index contributed by atoms with van der Waals surface area (Å²) < 4.78 is 87.4. The van der Waals surface area contributed by atoms with Gasteiger partial charge in [-0.15, -0.1) is 5.10 Å². The molecule has 0 radical (unpaired) electrons. The lowest BCUT2D eigenvalue weighted by Gasteiger charge is -2.41. The summed E-state index contributed by atoms with van der Waals surface area (Å²) in [4.78, 5) is 4.80. The van der Waals surface area contributed by atoms with Gasteiger partial charge in [-0.2, -0.15) is 5.10 Å². The molecule has 0 saturated carbocycles. The zero-order valence-electron chi connectivity index (χ0n) is 32.0.